The standard InChI is InChI=1S/C15H13IOS/c16-10-13-8-4-5-9-14(13)11-18-15(17)12-6-2-1-3-7-12/h1-9H,10-11H2. The van der Waals surface area contributed by atoms with E-state index in [-0.39, 0.29) is 5.12 Å². The van der Waals surface area contributed by atoms with Crippen LogP contribution in [0.25, 0.3) is 0 Å². The minimum absolute atomic E-state index is 0.138. The van der Waals surface area contributed by atoms with Crippen molar-refractivity contribution in [2.75, 3.05) is 0 Å². The lowest BCUT2D eigenvalue weighted by Gasteiger charge is -2.06. The second-order valence-corrected chi connectivity index (χ2v) is 5.56. The highest BCUT2D eigenvalue weighted by Crippen LogP contribution is 2.21. The van der Waals surface area contributed by atoms with Crippen molar-refractivity contribution in [2.24, 2.45) is 0 Å². The monoisotopic (exact) mass is 368 g/mol. The molecule has 0 fully saturated rings. The molecule has 1 nitrogen and oxygen atoms in total. The Labute approximate surface area is 125 Å². The fourth-order valence-corrected chi connectivity index (χ4v) is 3.24. The quantitative estimate of drug-likeness (QED) is 0.575. The van der Waals surface area contributed by atoms with Gasteiger partial charge in [0.05, 0.1) is 0 Å². The second-order valence-electron chi connectivity index (χ2n) is 3.84. The molecule has 3 heteroatoms. The van der Waals surface area contributed by atoms with E-state index >= 15 is 0 Å². The van der Waals surface area contributed by atoms with Crippen molar-refractivity contribution < 1.29 is 4.79 Å². The number of alkyl halides is 1. The highest BCUT2D eigenvalue weighted by atomic mass is 127. The van der Waals surface area contributed by atoms with Gasteiger partial charge >= 0.3 is 0 Å². The maximum absolute atomic E-state index is 12.0. The summed E-state index contributed by atoms with van der Waals surface area (Å²) in [4.78, 5) is 12.0. The molecule has 0 aromatic heterocycles. The van der Waals surface area contributed by atoms with E-state index in [0.29, 0.717) is 0 Å². The summed E-state index contributed by atoms with van der Waals surface area (Å²) in [6.45, 7) is 0. The Morgan fingerprint density at radius 3 is 2.22 bits per heavy atom. The molecule has 0 heterocycles. The zero-order chi connectivity index (χ0) is 12.8. The van der Waals surface area contributed by atoms with Gasteiger partial charge in [0.25, 0.3) is 0 Å². The van der Waals surface area contributed by atoms with E-state index in [1.165, 1.54) is 22.9 Å². The van der Waals surface area contributed by atoms with Crippen molar-refractivity contribution in [1.29, 1.82) is 0 Å². The van der Waals surface area contributed by atoms with Crippen molar-refractivity contribution in [1.82, 2.24) is 0 Å². The van der Waals surface area contributed by atoms with Gasteiger partial charge in [0, 0.05) is 15.7 Å². The molecule has 18 heavy (non-hydrogen) atoms. The third-order valence-electron chi connectivity index (χ3n) is 2.63. The Morgan fingerprint density at radius 2 is 1.56 bits per heavy atom. The zero-order valence-corrected chi connectivity index (χ0v) is 12.8. The van der Waals surface area contributed by atoms with Gasteiger partial charge in [0.1, 0.15) is 0 Å². The predicted octanol–water partition coefficient (Wildman–Crippen LogP) is 4.70. The van der Waals surface area contributed by atoms with E-state index in [2.05, 4.69) is 34.7 Å². The molecule has 2 aromatic carbocycles. The number of benzene rings is 2. The minimum Gasteiger partial charge on any atom is -0.282 e. The van der Waals surface area contributed by atoms with Gasteiger partial charge < -0.3 is 0 Å². The summed E-state index contributed by atoms with van der Waals surface area (Å²) >= 11 is 3.72. The molecular formula is C15H13IOS. The molecular weight excluding hydrogens is 355 g/mol. The summed E-state index contributed by atoms with van der Waals surface area (Å²) in [5.74, 6) is 0.743. The van der Waals surface area contributed by atoms with Crippen LogP contribution in [-0.2, 0) is 10.2 Å². The number of halogens is 1. The molecule has 0 amide bonds. The van der Waals surface area contributed by atoms with Gasteiger partial charge in [-0.05, 0) is 11.1 Å². The number of carbonyl (C=O) groups is 1. The lowest BCUT2D eigenvalue weighted by atomic mass is 10.1. The third-order valence-corrected chi connectivity index (χ3v) is 4.41. The van der Waals surface area contributed by atoms with Gasteiger partial charge in [-0.1, -0.05) is 89.0 Å². The number of carbonyl (C=O) groups excluding carboxylic acids is 1. The average Bonchev–Trinajstić information content (AvgIpc) is 2.46. The number of rotatable bonds is 4. The molecule has 0 aliphatic carbocycles. The Bertz CT molecular complexity index is 525. The second kappa shape index (κ2) is 6.95. The molecule has 0 unspecified atom stereocenters. The van der Waals surface area contributed by atoms with Crippen molar-refractivity contribution >= 4 is 39.5 Å². The fourth-order valence-electron chi connectivity index (χ4n) is 1.63. The summed E-state index contributed by atoms with van der Waals surface area (Å²) < 4.78 is 0.980. The predicted molar refractivity (Wildman–Crippen MR) is 86.2 cm³/mol. The van der Waals surface area contributed by atoms with Gasteiger partial charge in [-0.2, -0.15) is 0 Å². The lowest BCUT2D eigenvalue weighted by Crippen LogP contribution is -1.95. The van der Waals surface area contributed by atoms with E-state index < -0.39 is 0 Å². The first-order valence-electron chi connectivity index (χ1n) is 5.66. The van der Waals surface area contributed by atoms with Crippen LogP contribution in [0.15, 0.2) is 54.6 Å². The lowest BCUT2D eigenvalue weighted by molar-refractivity contribution is 0.108. The molecule has 0 aliphatic heterocycles. The van der Waals surface area contributed by atoms with Crippen molar-refractivity contribution in [3.8, 4) is 0 Å². The Hall–Kier alpha value is -0.810. The molecule has 2 rings (SSSR count). The highest BCUT2D eigenvalue weighted by molar-refractivity contribution is 14.1. The van der Waals surface area contributed by atoms with E-state index in [1.54, 1.807) is 0 Å². The Morgan fingerprint density at radius 1 is 0.944 bits per heavy atom. The van der Waals surface area contributed by atoms with Crippen molar-refractivity contribution in [2.45, 2.75) is 10.2 Å². The van der Waals surface area contributed by atoms with Crippen LogP contribution in [-0.4, -0.2) is 5.12 Å². The number of hydrogen-bond acceptors (Lipinski definition) is 2. The Kier molecular flexibility index (Phi) is 5.26. The largest absolute Gasteiger partial charge is 0.282 e. The zero-order valence-electron chi connectivity index (χ0n) is 9.80. The maximum atomic E-state index is 12.0. The molecule has 92 valence electrons. The van der Waals surface area contributed by atoms with E-state index in [1.807, 2.05) is 42.5 Å². The topological polar surface area (TPSA) is 17.1 Å². The average molecular weight is 368 g/mol. The van der Waals surface area contributed by atoms with Crippen LogP contribution in [0.5, 0.6) is 0 Å². The summed E-state index contributed by atoms with van der Waals surface area (Å²) in [5, 5.41) is 0.138. The summed E-state index contributed by atoms with van der Waals surface area (Å²) in [5.41, 5.74) is 3.34. The first kappa shape index (κ1) is 13.6. The van der Waals surface area contributed by atoms with Crippen molar-refractivity contribution in [3.05, 3.63) is 71.3 Å². The fraction of sp³-hybridized carbons (Fsp3) is 0.133. The van der Waals surface area contributed by atoms with E-state index in [9.17, 15) is 4.79 Å². The van der Waals surface area contributed by atoms with Crippen LogP contribution in [0.4, 0.5) is 0 Å². The molecule has 0 atom stereocenters. The third kappa shape index (κ3) is 3.59. The van der Waals surface area contributed by atoms with Crippen LogP contribution in [0.3, 0.4) is 0 Å². The van der Waals surface area contributed by atoms with Gasteiger partial charge in [-0.3, -0.25) is 4.79 Å². The summed E-state index contributed by atoms with van der Waals surface area (Å²) in [7, 11) is 0. The first-order valence-corrected chi connectivity index (χ1v) is 8.17. The SMILES string of the molecule is O=C(SCc1ccccc1CI)c1ccccc1. The van der Waals surface area contributed by atoms with Crippen LogP contribution < -0.4 is 0 Å². The van der Waals surface area contributed by atoms with E-state index in [0.717, 1.165) is 15.7 Å². The molecule has 0 N–H and O–H groups in total. The van der Waals surface area contributed by atoms with Crippen LogP contribution >= 0.6 is 34.4 Å². The minimum atomic E-state index is 0.138. The Balaban J connectivity index is 2.02. The van der Waals surface area contributed by atoms with Gasteiger partial charge in [-0.25, -0.2) is 0 Å². The molecule has 0 saturated heterocycles. The molecule has 0 saturated carbocycles. The van der Waals surface area contributed by atoms with Crippen LogP contribution in [0, 0.1) is 0 Å². The van der Waals surface area contributed by atoms with Crippen molar-refractivity contribution in [3.63, 3.8) is 0 Å². The van der Waals surface area contributed by atoms with Crippen LogP contribution in [0.1, 0.15) is 21.5 Å². The molecule has 2 aromatic rings. The van der Waals surface area contributed by atoms with Gasteiger partial charge in [-0.15, -0.1) is 0 Å². The molecule has 0 spiro atoms. The summed E-state index contributed by atoms with van der Waals surface area (Å²) in [6, 6.07) is 17.7. The highest BCUT2D eigenvalue weighted by Gasteiger charge is 2.07. The molecule has 0 radical (unpaired) electrons. The summed E-state index contributed by atoms with van der Waals surface area (Å²) in [6.07, 6.45) is 0. The number of hydrogen-bond donors (Lipinski definition) is 0. The number of thioether (sulfide) groups is 1. The normalized spacial score (nSPS) is 10.3. The van der Waals surface area contributed by atoms with Gasteiger partial charge in [0.2, 0.25) is 5.12 Å². The molecule has 0 bridgehead atoms. The first-order chi connectivity index (χ1) is 8.81. The van der Waals surface area contributed by atoms with Gasteiger partial charge in [0.15, 0.2) is 0 Å². The van der Waals surface area contributed by atoms with Crippen LogP contribution in [0.2, 0.25) is 0 Å². The maximum Gasteiger partial charge on any atom is 0.219 e. The van der Waals surface area contributed by atoms with E-state index in [4.69, 9.17) is 0 Å². The molecule has 0 aliphatic rings. The smallest absolute Gasteiger partial charge is 0.219 e.